The van der Waals surface area contributed by atoms with Crippen molar-refractivity contribution in [2.24, 2.45) is 0 Å². The molecule has 0 radical (unpaired) electrons. The minimum Gasteiger partial charge on any atom is -0.347 e. The first-order valence-electron chi connectivity index (χ1n) is 8.40. The fourth-order valence-electron chi connectivity index (χ4n) is 2.49. The van der Waals surface area contributed by atoms with E-state index in [-0.39, 0.29) is 17.9 Å². The highest BCUT2D eigenvalue weighted by Gasteiger charge is 2.13. The van der Waals surface area contributed by atoms with E-state index in [2.05, 4.69) is 15.6 Å². The number of carbonyl (C=O) groups is 2. The van der Waals surface area contributed by atoms with Gasteiger partial charge >= 0.3 is 0 Å². The number of pyridine rings is 1. The molecule has 0 aliphatic carbocycles. The molecular formula is C21H18FN3O2. The summed E-state index contributed by atoms with van der Waals surface area (Å²) in [5.41, 5.74) is 2.18. The van der Waals surface area contributed by atoms with Gasteiger partial charge in [0.1, 0.15) is 17.2 Å². The Labute approximate surface area is 156 Å². The van der Waals surface area contributed by atoms with Crippen LogP contribution in [-0.2, 0) is 6.54 Å². The Bertz CT molecular complexity index is 988. The van der Waals surface area contributed by atoms with Crippen molar-refractivity contribution in [3.63, 3.8) is 0 Å². The molecule has 3 rings (SSSR count). The number of nitrogens with one attached hydrogen (secondary N) is 2. The van der Waals surface area contributed by atoms with Gasteiger partial charge in [0.2, 0.25) is 0 Å². The molecule has 5 nitrogen and oxygen atoms in total. The molecule has 0 spiro atoms. The van der Waals surface area contributed by atoms with Crippen molar-refractivity contribution in [3.05, 3.63) is 95.1 Å². The minimum atomic E-state index is -0.483. The lowest BCUT2D eigenvalue weighted by Crippen LogP contribution is -2.25. The van der Waals surface area contributed by atoms with E-state index < -0.39 is 17.6 Å². The molecule has 0 bridgehead atoms. The maximum atomic E-state index is 13.6. The number of rotatable bonds is 5. The molecule has 1 heterocycles. The molecule has 0 saturated heterocycles. The average Bonchev–Trinajstić information content (AvgIpc) is 2.69. The van der Waals surface area contributed by atoms with Crippen molar-refractivity contribution in [3.8, 4) is 0 Å². The zero-order chi connectivity index (χ0) is 19.2. The van der Waals surface area contributed by atoms with Crippen LogP contribution in [0, 0.1) is 12.7 Å². The quantitative estimate of drug-likeness (QED) is 0.726. The van der Waals surface area contributed by atoms with Crippen LogP contribution in [-0.4, -0.2) is 16.8 Å². The fraction of sp³-hybridized carbons (Fsp3) is 0.0952. The average molecular weight is 363 g/mol. The summed E-state index contributed by atoms with van der Waals surface area (Å²) in [4.78, 5) is 28.8. The number of aryl methyl sites for hydroxylation is 1. The van der Waals surface area contributed by atoms with Gasteiger partial charge in [-0.25, -0.2) is 9.37 Å². The van der Waals surface area contributed by atoms with Gasteiger partial charge in [-0.05, 0) is 36.8 Å². The SMILES string of the molecule is Cc1ccccc1NC(=O)c1cccc(C(=O)NCc2ccccc2F)n1. The van der Waals surface area contributed by atoms with Crippen molar-refractivity contribution in [2.75, 3.05) is 5.32 Å². The van der Waals surface area contributed by atoms with Crippen molar-refractivity contribution >= 4 is 17.5 Å². The third-order valence-electron chi connectivity index (χ3n) is 4.00. The molecule has 0 atom stereocenters. The molecule has 2 aromatic carbocycles. The number of halogens is 1. The summed E-state index contributed by atoms with van der Waals surface area (Å²) < 4.78 is 13.6. The van der Waals surface area contributed by atoms with E-state index in [4.69, 9.17) is 0 Å². The lowest BCUT2D eigenvalue weighted by atomic mass is 10.2. The Morgan fingerprint density at radius 3 is 2.30 bits per heavy atom. The van der Waals surface area contributed by atoms with Gasteiger partial charge < -0.3 is 10.6 Å². The summed E-state index contributed by atoms with van der Waals surface area (Å²) in [7, 11) is 0. The summed E-state index contributed by atoms with van der Waals surface area (Å²) >= 11 is 0. The van der Waals surface area contributed by atoms with E-state index in [1.165, 1.54) is 18.2 Å². The molecular weight excluding hydrogens is 345 g/mol. The lowest BCUT2D eigenvalue weighted by Gasteiger charge is -2.09. The van der Waals surface area contributed by atoms with E-state index in [0.717, 1.165) is 5.56 Å². The molecule has 6 heteroatoms. The van der Waals surface area contributed by atoms with E-state index in [1.54, 1.807) is 30.3 Å². The minimum absolute atomic E-state index is 0.0345. The summed E-state index contributed by atoms with van der Waals surface area (Å²) in [6, 6.07) is 18.2. The highest BCUT2D eigenvalue weighted by molar-refractivity contribution is 6.04. The predicted octanol–water partition coefficient (Wildman–Crippen LogP) is 3.71. The maximum Gasteiger partial charge on any atom is 0.274 e. The van der Waals surface area contributed by atoms with Gasteiger partial charge in [0, 0.05) is 17.8 Å². The number of para-hydroxylation sites is 1. The highest BCUT2D eigenvalue weighted by Crippen LogP contribution is 2.14. The van der Waals surface area contributed by atoms with Gasteiger partial charge in [0.25, 0.3) is 11.8 Å². The van der Waals surface area contributed by atoms with Crippen LogP contribution in [0.3, 0.4) is 0 Å². The third kappa shape index (κ3) is 4.55. The van der Waals surface area contributed by atoms with Gasteiger partial charge in [-0.3, -0.25) is 9.59 Å². The molecule has 1 aromatic heterocycles. The molecule has 136 valence electrons. The maximum absolute atomic E-state index is 13.6. The summed E-state index contributed by atoms with van der Waals surface area (Å²) in [6.07, 6.45) is 0. The first-order chi connectivity index (χ1) is 13.0. The number of aromatic nitrogens is 1. The summed E-state index contributed by atoms with van der Waals surface area (Å²) in [5.74, 6) is -1.28. The number of nitrogens with zero attached hydrogens (tertiary/aromatic N) is 1. The summed E-state index contributed by atoms with van der Waals surface area (Å²) in [5, 5.41) is 5.38. The topological polar surface area (TPSA) is 71.1 Å². The molecule has 0 aliphatic rings. The fourth-order valence-corrected chi connectivity index (χ4v) is 2.49. The Morgan fingerprint density at radius 1 is 0.889 bits per heavy atom. The lowest BCUT2D eigenvalue weighted by molar-refractivity contribution is 0.0945. The third-order valence-corrected chi connectivity index (χ3v) is 4.00. The zero-order valence-electron chi connectivity index (χ0n) is 14.7. The van der Waals surface area contributed by atoms with Crippen LogP contribution < -0.4 is 10.6 Å². The molecule has 27 heavy (non-hydrogen) atoms. The van der Waals surface area contributed by atoms with Gasteiger partial charge in [-0.2, -0.15) is 0 Å². The summed E-state index contributed by atoms with van der Waals surface area (Å²) in [6.45, 7) is 1.92. The molecule has 2 N–H and O–H groups in total. The van der Waals surface area contributed by atoms with E-state index in [9.17, 15) is 14.0 Å². The van der Waals surface area contributed by atoms with Gasteiger partial charge in [-0.15, -0.1) is 0 Å². The monoisotopic (exact) mass is 363 g/mol. The predicted molar refractivity (Wildman–Crippen MR) is 101 cm³/mol. The van der Waals surface area contributed by atoms with E-state index in [0.29, 0.717) is 11.3 Å². The van der Waals surface area contributed by atoms with Crippen LogP contribution in [0.1, 0.15) is 32.1 Å². The second-order valence-corrected chi connectivity index (χ2v) is 5.95. The van der Waals surface area contributed by atoms with Crippen LogP contribution in [0.2, 0.25) is 0 Å². The Balaban J connectivity index is 1.69. The van der Waals surface area contributed by atoms with E-state index in [1.807, 2.05) is 25.1 Å². The van der Waals surface area contributed by atoms with Gasteiger partial charge in [-0.1, -0.05) is 42.5 Å². The molecule has 0 saturated carbocycles. The normalized spacial score (nSPS) is 10.3. The van der Waals surface area contributed by atoms with E-state index >= 15 is 0 Å². The molecule has 0 unspecified atom stereocenters. The van der Waals surface area contributed by atoms with Crippen molar-refractivity contribution < 1.29 is 14.0 Å². The molecule has 2 amide bonds. The standard InChI is InChI=1S/C21H18FN3O2/c1-14-7-2-5-10-17(14)25-21(27)19-12-6-11-18(24-19)20(26)23-13-15-8-3-4-9-16(15)22/h2-12H,13H2,1H3,(H,23,26)(H,25,27). The Kier molecular flexibility index (Phi) is 5.56. The number of amides is 2. The highest BCUT2D eigenvalue weighted by atomic mass is 19.1. The van der Waals surface area contributed by atoms with Crippen LogP contribution in [0.4, 0.5) is 10.1 Å². The number of carbonyl (C=O) groups excluding carboxylic acids is 2. The van der Waals surface area contributed by atoms with Gasteiger partial charge in [0.15, 0.2) is 0 Å². The second-order valence-electron chi connectivity index (χ2n) is 5.95. The van der Waals surface area contributed by atoms with Crippen LogP contribution in [0.5, 0.6) is 0 Å². The second kappa shape index (κ2) is 8.23. The Hall–Kier alpha value is -3.54. The number of hydrogen-bond acceptors (Lipinski definition) is 3. The van der Waals surface area contributed by atoms with Crippen LogP contribution >= 0.6 is 0 Å². The number of hydrogen-bond donors (Lipinski definition) is 2. The smallest absolute Gasteiger partial charge is 0.274 e. The van der Waals surface area contributed by atoms with Crippen molar-refractivity contribution in [1.82, 2.24) is 10.3 Å². The number of benzene rings is 2. The van der Waals surface area contributed by atoms with Crippen molar-refractivity contribution in [2.45, 2.75) is 13.5 Å². The first-order valence-corrected chi connectivity index (χ1v) is 8.40. The van der Waals surface area contributed by atoms with Crippen LogP contribution in [0.15, 0.2) is 66.7 Å². The first kappa shape index (κ1) is 18.3. The Morgan fingerprint density at radius 2 is 1.56 bits per heavy atom. The molecule has 0 fully saturated rings. The number of anilines is 1. The van der Waals surface area contributed by atoms with Gasteiger partial charge in [0.05, 0.1) is 0 Å². The molecule has 3 aromatic rings. The van der Waals surface area contributed by atoms with Crippen molar-refractivity contribution in [1.29, 1.82) is 0 Å². The zero-order valence-corrected chi connectivity index (χ0v) is 14.7. The largest absolute Gasteiger partial charge is 0.347 e. The molecule has 0 aliphatic heterocycles. The van der Waals surface area contributed by atoms with Crippen LogP contribution in [0.25, 0.3) is 0 Å².